The van der Waals surface area contributed by atoms with Crippen molar-refractivity contribution in [3.05, 3.63) is 70.7 Å². The number of hydrogen-bond acceptors (Lipinski definition) is 4. The third kappa shape index (κ3) is 3.07. The molecule has 122 valence electrons. The van der Waals surface area contributed by atoms with E-state index in [4.69, 9.17) is 0 Å². The van der Waals surface area contributed by atoms with Gasteiger partial charge in [-0.15, -0.1) is 11.3 Å². The van der Waals surface area contributed by atoms with Gasteiger partial charge in [-0.25, -0.2) is 9.48 Å². The van der Waals surface area contributed by atoms with Gasteiger partial charge >= 0.3 is 5.97 Å². The smallest absolute Gasteiger partial charge is 0.331 e. The minimum atomic E-state index is -1.06. The van der Waals surface area contributed by atoms with Gasteiger partial charge in [0, 0.05) is 29.9 Å². The lowest BCUT2D eigenvalue weighted by Crippen LogP contribution is -2.35. The van der Waals surface area contributed by atoms with Gasteiger partial charge in [0.15, 0.2) is 6.04 Å². The van der Waals surface area contributed by atoms with Crippen LogP contribution in [0.3, 0.4) is 0 Å². The van der Waals surface area contributed by atoms with Crippen LogP contribution < -0.4 is 0 Å². The Morgan fingerprint density at radius 2 is 2.08 bits per heavy atom. The van der Waals surface area contributed by atoms with Crippen molar-refractivity contribution in [2.75, 3.05) is 7.05 Å². The second-order valence-corrected chi connectivity index (χ2v) is 6.15. The van der Waals surface area contributed by atoms with Gasteiger partial charge in [-0.3, -0.25) is 4.79 Å². The van der Waals surface area contributed by atoms with Gasteiger partial charge in [0.1, 0.15) is 0 Å². The number of rotatable bonds is 5. The molecule has 0 saturated heterocycles. The summed E-state index contributed by atoms with van der Waals surface area (Å²) in [5.74, 6) is -1.42. The summed E-state index contributed by atoms with van der Waals surface area (Å²) in [4.78, 5) is 26.2. The van der Waals surface area contributed by atoms with E-state index in [1.54, 1.807) is 58.9 Å². The molecule has 3 rings (SSSR count). The first kappa shape index (κ1) is 15.9. The number of aromatic nitrogens is 2. The van der Waals surface area contributed by atoms with Crippen molar-refractivity contribution in [1.82, 2.24) is 14.7 Å². The monoisotopic (exact) mass is 341 g/mol. The molecule has 0 bridgehead atoms. The molecule has 1 N–H and O–H groups in total. The van der Waals surface area contributed by atoms with Crippen LogP contribution in [0.1, 0.15) is 21.3 Å². The van der Waals surface area contributed by atoms with Gasteiger partial charge < -0.3 is 10.0 Å². The zero-order valence-electron chi connectivity index (χ0n) is 12.9. The lowest BCUT2D eigenvalue weighted by molar-refractivity contribution is -0.142. The fraction of sp³-hybridized carbons (Fsp3) is 0.118. The van der Waals surface area contributed by atoms with Crippen molar-refractivity contribution in [3.8, 4) is 5.69 Å². The number of thiophene rings is 1. The molecule has 6 nitrogen and oxygen atoms in total. The highest BCUT2D eigenvalue weighted by Gasteiger charge is 2.29. The molecular weight excluding hydrogens is 326 g/mol. The Labute approximate surface area is 142 Å². The molecular formula is C17H15N3O3S. The molecule has 1 aromatic carbocycles. The molecule has 2 heterocycles. The van der Waals surface area contributed by atoms with Gasteiger partial charge in [-0.2, -0.15) is 5.10 Å². The summed E-state index contributed by atoms with van der Waals surface area (Å²) in [6.07, 6.45) is 3.43. The molecule has 1 amide bonds. The fourth-order valence-corrected chi connectivity index (χ4v) is 3.31. The molecule has 3 aromatic rings. The Balaban J connectivity index is 1.90. The summed E-state index contributed by atoms with van der Waals surface area (Å²) in [6.45, 7) is 0. The van der Waals surface area contributed by atoms with Crippen LogP contribution in [-0.2, 0) is 4.79 Å². The largest absolute Gasteiger partial charge is 0.479 e. The van der Waals surface area contributed by atoms with Crippen molar-refractivity contribution < 1.29 is 14.7 Å². The van der Waals surface area contributed by atoms with Crippen LogP contribution in [-0.4, -0.2) is 38.7 Å². The van der Waals surface area contributed by atoms with Crippen molar-refractivity contribution >= 4 is 23.2 Å². The highest BCUT2D eigenvalue weighted by atomic mass is 32.1. The number of amides is 1. The van der Waals surface area contributed by atoms with Crippen molar-refractivity contribution in [2.24, 2.45) is 0 Å². The molecule has 0 radical (unpaired) electrons. The number of carboxylic acid groups (broad SMARTS) is 1. The van der Waals surface area contributed by atoms with Crippen LogP contribution in [0.2, 0.25) is 0 Å². The summed E-state index contributed by atoms with van der Waals surface area (Å²) in [6, 6.07) is 11.2. The second-order valence-electron chi connectivity index (χ2n) is 5.17. The number of carbonyl (C=O) groups excluding carboxylic acids is 1. The van der Waals surface area contributed by atoms with E-state index in [0.717, 1.165) is 5.69 Å². The third-order valence-electron chi connectivity index (χ3n) is 3.62. The average molecular weight is 341 g/mol. The summed E-state index contributed by atoms with van der Waals surface area (Å²) >= 11 is 1.31. The van der Waals surface area contributed by atoms with Crippen molar-refractivity contribution in [1.29, 1.82) is 0 Å². The number of carbonyl (C=O) groups is 2. The Morgan fingerprint density at radius 3 is 2.71 bits per heavy atom. The molecule has 0 spiro atoms. The van der Waals surface area contributed by atoms with Crippen molar-refractivity contribution in [2.45, 2.75) is 6.04 Å². The van der Waals surface area contributed by atoms with E-state index in [9.17, 15) is 14.7 Å². The molecule has 2 aromatic heterocycles. The lowest BCUT2D eigenvalue weighted by atomic mass is 10.1. The van der Waals surface area contributed by atoms with Gasteiger partial charge in [0.05, 0.1) is 5.69 Å². The number of nitrogens with zero attached hydrogens (tertiary/aromatic N) is 3. The highest BCUT2D eigenvalue weighted by Crippen LogP contribution is 2.26. The molecule has 1 atom stereocenters. The number of aliphatic carboxylic acids is 1. The van der Waals surface area contributed by atoms with E-state index in [1.165, 1.54) is 23.3 Å². The summed E-state index contributed by atoms with van der Waals surface area (Å²) in [5.41, 5.74) is 1.15. The SMILES string of the molecule is CN(C(=O)c1cccc(-n2cccn2)c1)C(C(=O)O)c1cccs1. The van der Waals surface area contributed by atoms with E-state index in [1.807, 2.05) is 6.07 Å². The van der Waals surface area contributed by atoms with E-state index in [0.29, 0.717) is 10.4 Å². The van der Waals surface area contributed by atoms with E-state index >= 15 is 0 Å². The average Bonchev–Trinajstić information content (AvgIpc) is 3.28. The van der Waals surface area contributed by atoms with Gasteiger partial charge in [0.25, 0.3) is 5.91 Å². The predicted octanol–water partition coefficient (Wildman–Crippen LogP) is 2.83. The first-order chi connectivity index (χ1) is 11.6. The van der Waals surface area contributed by atoms with Crippen LogP contribution in [0.25, 0.3) is 5.69 Å². The molecule has 1 unspecified atom stereocenters. The maximum Gasteiger partial charge on any atom is 0.331 e. The molecule has 0 aliphatic heterocycles. The quantitative estimate of drug-likeness (QED) is 0.774. The highest BCUT2D eigenvalue weighted by molar-refractivity contribution is 7.10. The number of benzene rings is 1. The van der Waals surface area contributed by atoms with E-state index in [-0.39, 0.29) is 5.91 Å². The normalized spacial score (nSPS) is 11.9. The summed E-state index contributed by atoms with van der Waals surface area (Å²) in [5, 5.41) is 15.4. The van der Waals surface area contributed by atoms with Crippen LogP contribution in [0.15, 0.2) is 60.2 Å². The van der Waals surface area contributed by atoms with Crippen LogP contribution in [0.5, 0.6) is 0 Å². The van der Waals surface area contributed by atoms with Crippen LogP contribution in [0.4, 0.5) is 0 Å². The Bertz CT molecular complexity index is 844. The lowest BCUT2D eigenvalue weighted by Gasteiger charge is -2.24. The Morgan fingerprint density at radius 1 is 1.25 bits per heavy atom. The Hall–Kier alpha value is -2.93. The molecule has 24 heavy (non-hydrogen) atoms. The van der Waals surface area contributed by atoms with Gasteiger partial charge in [0.2, 0.25) is 0 Å². The first-order valence-electron chi connectivity index (χ1n) is 7.21. The number of hydrogen-bond donors (Lipinski definition) is 1. The molecule has 0 fully saturated rings. The maximum atomic E-state index is 12.7. The number of likely N-dealkylation sites (N-methyl/N-ethyl adjacent to an activating group) is 1. The Kier molecular flexibility index (Phi) is 4.43. The standard InChI is InChI=1S/C17H15N3O3S/c1-19(15(17(22)23)14-7-3-10-24-14)16(21)12-5-2-6-13(11-12)20-9-4-8-18-20/h2-11,15H,1H3,(H,22,23). The van der Waals surface area contributed by atoms with E-state index < -0.39 is 12.0 Å². The van der Waals surface area contributed by atoms with E-state index in [2.05, 4.69) is 5.10 Å². The predicted molar refractivity (Wildman–Crippen MR) is 90.4 cm³/mol. The zero-order chi connectivity index (χ0) is 17.1. The summed E-state index contributed by atoms with van der Waals surface area (Å²) in [7, 11) is 1.50. The zero-order valence-corrected chi connectivity index (χ0v) is 13.7. The number of carboxylic acids is 1. The van der Waals surface area contributed by atoms with Gasteiger partial charge in [-0.05, 0) is 35.7 Å². The minimum absolute atomic E-state index is 0.357. The van der Waals surface area contributed by atoms with Gasteiger partial charge in [-0.1, -0.05) is 12.1 Å². The second kappa shape index (κ2) is 6.67. The molecule has 7 heteroatoms. The topological polar surface area (TPSA) is 75.4 Å². The summed E-state index contributed by atoms with van der Waals surface area (Å²) < 4.78 is 1.64. The first-order valence-corrected chi connectivity index (χ1v) is 8.09. The maximum absolute atomic E-state index is 12.7. The molecule has 0 saturated carbocycles. The van der Waals surface area contributed by atoms with Crippen LogP contribution >= 0.6 is 11.3 Å². The fourth-order valence-electron chi connectivity index (χ4n) is 2.45. The van der Waals surface area contributed by atoms with Crippen LogP contribution in [0, 0.1) is 0 Å². The molecule has 0 aliphatic rings. The third-order valence-corrected chi connectivity index (χ3v) is 4.54. The van der Waals surface area contributed by atoms with Crippen molar-refractivity contribution in [3.63, 3.8) is 0 Å². The minimum Gasteiger partial charge on any atom is -0.479 e. The molecule has 0 aliphatic carbocycles.